The Balaban J connectivity index is 2.64. The molecule has 1 heterocycles. The van der Waals surface area contributed by atoms with Crippen LogP contribution in [-0.2, 0) is 0 Å². The number of nitrogens with two attached hydrogens (primary N) is 1. The van der Waals surface area contributed by atoms with E-state index in [0.717, 1.165) is 11.4 Å². The Bertz CT molecular complexity index is 573. The average Bonchev–Trinajstić information content (AvgIpc) is 2.58. The van der Waals surface area contributed by atoms with E-state index in [4.69, 9.17) is 41.2 Å². The molecular formula is C11H9Cl2N3S. The first-order valence-electron chi connectivity index (χ1n) is 4.80. The van der Waals surface area contributed by atoms with E-state index in [1.807, 2.05) is 6.92 Å². The van der Waals surface area contributed by atoms with E-state index in [0.29, 0.717) is 20.6 Å². The Kier molecular flexibility index (Phi) is 3.38. The van der Waals surface area contributed by atoms with Gasteiger partial charge in [0, 0.05) is 16.8 Å². The van der Waals surface area contributed by atoms with Crippen molar-refractivity contribution in [1.82, 2.24) is 9.78 Å². The van der Waals surface area contributed by atoms with Crippen LogP contribution in [-0.4, -0.2) is 14.8 Å². The predicted octanol–water partition coefficient (Wildman–Crippen LogP) is 3.12. The van der Waals surface area contributed by atoms with Crippen LogP contribution in [0, 0.1) is 6.92 Å². The Morgan fingerprint density at radius 3 is 2.65 bits per heavy atom. The van der Waals surface area contributed by atoms with Crippen LogP contribution in [0.15, 0.2) is 24.4 Å². The third-order valence-electron chi connectivity index (χ3n) is 2.31. The molecule has 0 saturated heterocycles. The van der Waals surface area contributed by atoms with Crippen LogP contribution < -0.4 is 5.73 Å². The molecule has 2 rings (SSSR count). The smallest absolute Gasteiger partial charge is 0.106 e. The van der Waals surface area contributed by atoms with Crippen LogP contribution in [0.1, 0.15) is 11.3 Å². The van der Waals surface area contributed by atoms with Gasteiger partial charge in [0.1, 0.15) is 4.99 Å². The molecular weight excluding hydrogens is 277 g/mol. The first kappa shape index (κ1) is 12.4. The van der Waals surface area contributed by atoms with E-state index >= 15 is 0 Å². The summed E-state index contributed by atoms with van der Waals surface area (Å²) in [6.07, 6.45) is 1.70. The summed E-state index contributed by atoms with van der Waals surface area (Å²) >= 11 is 16.9. The molecule has 0 saturated carbocycles. The van der Waals surface area contributed by atoms with Gasteiger partial charge in [0.25, 0.3) is 0 Å². The number of aromatic nitrogens is 2. The molecule has 0 amide bonds. The summed E-state index contributed by atoms with van der Waals surface area (Å²) in [5, 5.41) is 5.45. The SMILES string of the molecule is Cc1nn(-c2cc(Cl)ccc2C(N)=S)cc1Cl. The standard InChI is InChI=1S/C11H9Cl2N3S/c1-6-9(13)5-16(15-6)10-4-7(12)2-3-8(10)11(14)17/h2-5H,1H3,(H2,14,17). The van der Waals surface area contributed by atoms with Crippen molar-refractivity contribution < 1.29 is 0 Å². The summed E-state index contributed by atoms with van der Waals surface area (Å²) in [6.45, 7) is 1.82. The van der Waals surface area contributed by atoms with E-state index in [1.54, 1.807) is 29.1 Å². The van der Waals surface area contributed by atoms with E-state index < -0.39 is 0 Å². The second kappa shape index (κ2) is 4.64. The molecule has 0 aliphatic heterocycles. The zero-order valence-corrected chi connectivity index (χ0v) is 11.3. The summed E-state index contributed by atoms with van der Waals surface area (Å²) in [5.41, 5.74) is 7.83. The third-order valence-corrected chi connectivity index (χ3v) is 3.14. The van der Waals surface area contributed by atoms with Crippen molar-refractivity contribution in [3.8, 4) is 5.69 Å². The number of hydrogen-bond acceptors (Lipinski definition) is 2. The van der Waals surface area contributed by atoms with Gasteiger partial charge in [-0.05, 0) is 25.1 Å². The molecule has 0 fully saturated rings. The van der Waals surface area contributed by atoms with Crippen molar-refractivity contribution in [3.05, 3.63) is 45.7 Å². The van der Waals surface area contributed by atoms with Crippen LogP contribution in [0.25, 0.3) is 5.69 Å². The number of rotatable bonds is 2. The van der Waals surface area contributed by atoms with Crippen molar-refractivity contribution in [1.29, 1.82) is 0 Å². The number of benzene rings is 1. The summed E-state index contributed by atoms with van der Waals surface area (Å²) in [6, 6.07) is 5.25. The predicted molar refractivity (Wildman–Crippen MR) is 74.2 cm³/mol. The zero-order valence-electron chi connectivity index (χ0n) is 8.95. The van der Waals surface area contributed by atoms with Gasteiger partial charge < -0.3 is 5.73 Å². The minimum atomic E-state index is 0.293. The van der Waals surface area contributed by atoms with E-state index in [2.05, 4.69) is 5.10 Å². The van der Waals surface area contributed by atoms with Crippen LogP contribution >= 0.6 is 35.4 Å². The minimum Gasteiger partial charge on any atom is -0.389 e. The van der Waals surface area contributed by atoms with Crippen LogP contribution in [0.3, 0.4) is 0 Å². The van der Waals surface area contributed by atoms with E-state index in [-0.39, 0.29) is 0 Å². The summed E-state index contributed by atoms with van der Waals surface area (Å²) in [7, 11) is 0. The third kappa shape index (κ3) is 2.44. The van der Waals surface area contributed by atoms with Gasteiger partial charge in [-0.25, -0.2) is 4.68 Å². The Morgan fingerprint density at radius 1 is 1.41 bits per heavy atom. The molecule has 1 aromatic carbocycles. The Labute approximate surface area is 114 Å². The fourth-order valence-corrected chi connectivity index (χ4v) is 1.93. The summed E-state index contributed by atoms with van der Waals surface area (Å²) < 4.78 is 1.62. The van der Waals surface area contributed by atoms with E-state index in [9.17, 15) is 0 Å². The first-order chi connectivity index (χ1) is 7.99. The van der Waals surface area contributed by atoms with Crippen molar-refractivity contribution in [2.75, 3.05) is 0 Å². The minimum absolute atomic E-state index is 0.293. The highest BCUT2D eigenvalue weighted by Crippen LogP contribution is 2.22. The number of thiocarbonyl (C=S) groups is 1. The fourth-order valence-electron chi connectivity index (χ4n) is 1.47. The second-order valence-corrected chi connectivity index (χ2v) is 4.82. The molecule has 0 aliphatic carbocycles. The van der Waals surface area contributed by atoms with Gasteiger partial charge in [-0.1, -0.05) is 35.4 Å². The molecule has 6 heteroatoms. The maximum absolute atomic E-state index is 5.97. The molecule has 0 aliphatic rings. The molecule has 1 aromatic heterocycles. The highest BCUT2D eigenvalue weighted by atomic mass is 35.5. The van der Waals surface area contributed by atoms with Crippen LogP contribution in [0.2, 0.25) is 10.0 Å². The van der Waals surface area contributed by atoms with Gasteiger partial charge in [0.05, 0.1) is 16.4 Å². The van der Waals surface area contributed by atoms with Gasteiger partial charge in [-0.15, -0.1) is 0 Å². The quantitative estimate of drug-likeness (QED) is 0.863. The highest BCUT2D eigenvalue weighted by molar-refractivity contribution is 7.80. The van der Waals surface area contributed by atoms with Crippen LogP contribution in [0.4, 0.5) is 0 Å². The normalized spacial score (nSPS) is 10.5. The van der Waals surface area contributed by atoms with Gasteiger partial charge in [-0.2, -0.15) is 5.10 Å². The maximum Gasteiger partial charge on any atom is 0.106 e. The van der Waals surface area contributed by atoms with Gasteiger partial charge in [0.2, 0.25) is 0 Å². The molecule has 0 radical (unpaired) electrons. The van der Waals surface area contributed by atoms with Gasteiger partial charge >= 0.3 is 0 Å². The molecule has 17 heavy (non-hydrogen) atoms. The zero-order chi connectivity index (χ0) is 12.6. The lowest BCUT2D eigenvalue weighted by atomic mass is 10.2. The maximum atomic E-state index is 5.97. The van der Waals surface area contributed by atoms with Crippen LogP contribution in [0.5, 0.6) is 0 Å². The number of nitrogens with zero attached hydrogens (tertiary/aromatic N) is 2. The Hall–Kier alpha value is -1.10. The van der Waals surface area contributed by atoms with Gasteiger partial charge in [-0.3, -0.25) is 0 Å². The first-order valence-corrected chi connectivity index (χ1v) is 5.97. The average molecular weight is 286 g/mol. The van der Waals surface area contributed by atoms with Crippen molar-refractivity contribution >= 4 is 40.4 Å². The topological polar surface area (TPSA) is 43.8 Å². The number of halogens is 2. The monoisotopic (exact) mass is 285 g/mol. The fraction of sp³-hybridized carbons (Fsp3) is 0.0909. The van der Waals surface area contributed by atoms with Crippen molar-refractivity contribution in [2.24, 2.45) is 5.73 Å². The van der Waals surface area contributed by atoms with Gasteiger partial charge in [0.15, 0.2) is 0 Å². The molecule has 0 spiro atoms. The summed E-state index contributed by atoms with van der Waals surface area (Å²) in [5.74, 6) is 0. The second-order valence-electron chi connectivity index (χ2n) is 3.53. The van der Waals surface area contributed by atoms with Crippen molar-refractivity contribution in [3.63, 3.8) is 0 Å². The number of aryl methyl sites for hydroxylation is 1. The lowest BCUT2D eigenvalue weighted by molar-refractivity contribution is 0.861. The lowest BCUT2D eigenvalue weighted by Gasteiger charge is -2.08. The summed E-state index contributed by atoms with van der Waals surface area (Å²) in [4.78, 5) is 0.293. The Morgan fingerprint density at radius 2 is 2.12 bits per heavy atom. The number of hydrogen-bond donors (Lipinski definition) is 1. The molecule has 3 nitrogen and oxygen atoms in total. The molecule has 0 unspecified atom stereocenters. The molecule has 0 bridgehead atoms. The molecule has 88 valence electrons. The highest BCUT2D eigenvalue weighted by Gasteiger charge is 2.11. The molecule has 2 N–H and O–H groups in total. The largest absolute Gasteiger partial charge is 0.389 e. The van der Waals surface area contributed by atoms with Crippen molar-refractivity contribution in [2.45, 2.75) is 6.92 Å². The van der Waals surface area contributed by atoms with E-state index in [1.165, 1.54) is 0 Å². The lowest BCUT2D eigenvalue weighted by Crippen LogP contribution is -2.13. The molecule has 2 aromatic rings. The molecule has 0 atom stereocenters.